The van der Waals surface area contributed by atoms with Crippen molar-refractivity contribution in [3.05, 3.63) is 34.9 Å². The van der Waals surface area contributed by atoms with Gasteiger partial charge in [0.2, 0.25) is 0 Å². The second-order valence-electron chi connectivity index (χ2n) is 6.92. The van der Waals surface area contributed by atoms with Crippen molar-refractivity contribution in [1.29, 1.82) is 0 Å². The number of guanidine groups is 1. The lowest BCUT2D eigenvalue weighted by Crippen LogP contribution is -2.40. The minimum absolute atomic E-state index is 0.181. The summed E-state index contributed by atoms with van der Waals surface area (Å²) in [6.45, 7) is 10.1. The van der Waals surface area contributed by atoms with Gasteiger partial charge in [0.15, 0.2) is 5.96 Å². The van der Waals surface area contributed by atoms with E-state index in [1.165, 1.54) is 18.4 Å². The van der Waals surface area contributed by atoms with Crippen molar-refractivity contribution >= 4 is 17.6 Å². The predicted octanol–water partition coefficient (Wildman–Crippen LogP) is 3.31. The van der Waals surface area contributed by atoms with E-state index in [4.69, 9.17) is 21.3 Å². The zero-order valence-electron chi connectivity index (χ0n) is 16.3. The summed E-state index contributed by atoms with van der Waals surface area (Å²) >= 11 is 5.98. The average Bonchev–Trinajstić information content (AvgIpc) is 2.66. The maximum absolute atomic E-state index is 5.98. The summed E-state index contributed by atoms with van der Waals surface area (Å²) in [5.74, 6) is 1.55. The number of hydrogen-bond donors (Lipinski definition) is 2. The molecule has 0 saturated carbocycles. The highest BCUT2D eigenvalue weighted by Crippen LogP contribution is 2.18. The first-order chi connectivity index (χ1) is 12.6. The monoisotopic (exact) mass is 380 g/mol. The highest BCUT2D eigenvalue weighted by molar-refractivity contribution is 6.30. The number of halogens is 1. The molecule has 6 heteroatoms. The largest absolute Gasteiger partial charge is 0.383 e. The second kappa shape index (κ2) is 11.4. The van der Waals surface area contributed by atoms with Crippen LogP contribution in [0.15, 0.2) is 29.3 Å². The van der Waals surface area contributed by atoms with Gasteiger partial charge in [0.05, 0.1) is 12.6 Å². The molecule has 5 nitrogen and oxygen atoms in total. The molecule has 1 saturated heterocycles. The number of piperidine rings is 1. The number of benzene rings is 1. The first-order valence-corrected chi connectivity index (χ1v) is 10.0. The van der Waals surface area contributed by atoms with Gasteiger partial charge in [-0.3, -0.25) is 4.99 Å². The third-order valence-electron chi connectivity index (χ3n) is 4.89. The van der Waals surface area contributed by atoms with Crippen LogP contribution in [-0.2, 0) is 4.74 Å². The Hall–Kier alpha value is -1.30. The summed E-state index contributed by atoms with van der Waals surface area (Å²) < 4.78 is 5.17. The maximum Gasteiger partial charge on any atom is 0.191 e. The third kappa shape index (κ3) is 7.14. The van der Waals surface area contributed by atoms with Crippen LogP contribution in [0.2, 0.25) is 5.02 Å². The van der Waals surface area contributed by atoms with Gasteiger partial charge < -0.3 is 20.3 Å². The Kier molecular flexibility index (Phi) is 9.23. The number of methoxy groups -OCH3 is 1. The van der Waals surface area contributed by atoms with E-state index in [2.05, 4.69) is 41.5 Å². The normalized spacial score (nSPS) is 17.9. The van der Waals surface area contributed by atoms with Gasteiger partial charge in [-0.2, -0.15) is 0 Å². The quantitative estimate of drug-likeness (QED) is 0.536. The molecule has 1 atom stereocenters. The Bertz CT molecular complexity index is 541. The van der Waals surface area contributed by atoms with Crippen LogP contribution in [0, 0.1) is 5.92 Å². The molecule has 0 spiro atoms. The molecule has 1 aromatic rings. The molecule has 1 aromatic carbocycles. The van der Waals surface area contributed by atoms with E-state index >= 15 is 0 Å². The lowest BCUT2D eigenvalue weighted by atomic mass is 9.97. The number of likely N-dealkylation sites (tertiary alicyclic amines) is 1. The molecule has 1 aliphatic heterocycles. The Labute approximate surface area is 163 Å². The molecular weight excluding hydrogens is 348 g/mol. The van der Waals surface area contributed by atoms with Crippen molar-refractivity contribution in [3.63, 3.8) is 0 Å². The molecular formula is C20H33ClN4O. The van der Waals surface area contributed by atoms with Gasteiger partial charge in [0.1, 0.15) is 0 Å². The molecule has 0 aromatic heterocycles. The number of aliphatic imine (C=N–C) groups is 1. The van der Waals surface area contributed by atoms with Crippen LogP contribution in [0.1, 0.15) is 38.3 Å². The SMILES string of the molecule is CCNC(=NCC1CCN(CCOC)CC1)NC(C)c1ccc(Cl)cc1. The molecule has 0 amide bonds. The molecule has 0 radical (unpaired) electrons. The van der Waals surface area contributed by atoms with E-state index in [0.717, 1.165) is 50.3 Å². The van der Waals surface area contributed by atoms with Crippen LogP contribution >= 0.6 is 11.6 Å². The van der Waals surface area contributed by atoms with Crippen LogP contribution in [0.3, 0.4) is 0 Å². The summed E-state index contributed by atoms with van der Waals surface area (Å²) in [7, 11) is 1.77. The summed E-state index contributed by atoms with van der Waals surface area (Å²) in [5.41, 5.74) is 1.20. The fourth-order valence-electron chi connectivity index (χ4n) is 3.19. The van der Waals surface area contributed by atoms with Gasteiger partial charge in [-0.05, 0) is 63.4 Å². The van der Waals surface area contributed by atoms with E-state index in [9.17, 15) is 0 Å². The molecule has 0 bridgehead atoms. The first kappa shape index (κ1) is 21.0. The first-order valence-electron chi connectivity index (χ1n) is 9.64. The predicted molar refractivity (Wildman–Crippen MR) is 110 cm³/mol. The minimum Gasteiger partial charge on any atom is -0.383 e. The van der Waals surface area contributed by atoms with Crippen molar-refractivity contribution in [2.24, 2.45) is 10.9 Å². The van der Waals surface area contributed by atoms with Crippen LogP contribution in [0.25, 0.3) is 0 Å². The van der Waals surface area contributed by atoms with E-state index in [1.54, 1.807) is 7.11 Å². The Morgan fingerprint density at radius 1 is 1.31 bits per heavy atom. The fourth-order valence-corrected chi connectivity index (χ4v) is 3.32. The van der Waals surface area contributed by atoms with Crippen LogP contribution in [0.4, 0.5) is 0 Å². The molecule has 26 heavy (non-hydrogen) atoms. The number of rotatable bonds is 8. The summed E-state index contributed by atoms with van der Waals surface area (Å²) in [4.78, 5) is 7.31. The van der Waals surface area contributed by atoms with Gasteiger partial charge in [0, 0.05) is 31.8 Å². The molecule has 2 N–H and O–H groups in total. The standard InChI is InChI=1S/C20H33ClN4O/c1-4-22-20(24-16(2)18-5-7-19(21)8-6-18)23-15-17-9-11-25(12-10-17)13-14-26-3/h5-8,16-17H,4,9-15H2,1-3H3,(H2,22,23,24). The average molecular weight is 381 g/mol. The van der Waals surface area contributed by atoms with Crippen molar-refractivity contribution < 1.29 is 4.74 Å². The van der Waals surface area contributed by atoms with Gasteiger partial charge in [0.25, 0.3) is 0 Å². The van der Waals surface area contributed by atoms with Crippen molar-refractivity contribution in [1.82, 2.24) is 15.5 Å². The van der Waals surface area contributed by atoms with Gasteiger partial charge in [-0.15, -0.1) is 0 Å². The highest BCUT2D eigenvalue weighted by atomic mass is 35.5. The van der Waals surface area contributed by atoms with Crippen LogP contribution in [0.5, 0.6) is 0 Å². The molecule has 146 valence electrons. The van der Waals surface area contributed by atoms with Crippen molar-refractivity contribution in [2.75, 3.05) is 46.4 Å². The summed E-state index contributed by atoms with van der Waals surface area (Å²) in [6.07, 6.45) is 2.42. The van der Waals surface area contributed by atoms with E-state index < -0.39 is 0 Å². The summed E-state index contributed by atoms with van der Waals surface area (Å²) in [5, 5.41) is 7.62. The Morgan fingerprint density at radius 2 is 2.00 bits per heavy atom. The molecule has 1 aliphatic rings. The Balaban J connectivity index is 1.83. The minimum atomic E-state index is 0.181. The third-order valence-corrected chi connectivity index (χ3v) is 5.15. The van der Waals surface area contributed by atoms with E-state index in [1.807, 2.05) is 12.1 Å². The van der Waals surface area contributed by atoms with Crippen LogP contribution < -0.4 is 10.6 Å². The summed E-state index contributed by atoms with van der Waals surface area (Å²) in [6, 6.07) is 8.15. The van der Waals surface area contributed by atoms with E-state index in [0.29, 0.717) is 5.92 Å². The number of hydrogen-bond acceptors (Lipinski definition) is 3. The van der Waals surface area contributed by atoms with Crippen LogP contribution in [-0.4, -0.2) is 57.3 Å². The second-order valence-corrected chi connectivity index (χ2v) is 7.35. The van der Waals surface area contributed by atoms with E-state index in [-0.39, 0.29) is 6.04 Å². The smallest absolute Gasteiger partial charge is 0.191 e. The number of ether oxygens (including phenoxy) is 1. The van der Waals surface area contributed by atoms with Crippen molar-refractivity contribution in [2.45, 2.75) is 32.7 Å². The zero-order chi connectivity index (χ0) is 18.8. The molecule has 1 unspecified atom stereocenters. The highest BCUT2D eigenvalue weighted by Gasteiger charge is 2.19. The topological polar surface area (TPSA) is 48.9 Å². The Morgan fingerprint density at radius 3 is 2.62 bits per heavy atom. The van der Waals surface area contributed by atoms with Gasteiger partial charge in [-0.1, -0.05) is 23.7 Å². The van der Waals surface area contributed by atoms with Gasteiger partial charge >= 0.3 is 0 Å². The zero-order valence-corrected chi connectivity index (χ0v) is 17.1. The lowest BCUT2D eigenvalue weighted by molar-refractivity contribution is 0.121. The van der Waals surface area contributed by atoms with Crippen molar-refractivity contribution in [3.8, 4) is 0 Å². The lowest BCUT2D eigenvalue weighted by Gasteiger charge is -2.31. The molecule has 0 aliphatic carbocycles. The van der Waals surface area contributed by atoms with Gasteiger partial charge in [-0.25, -0.2) is 0 Å². The molecule has 1 heterocycles. The maximum atomic E-state index is 5.98. The molecule has 2 rings (SSSR count). The number of nitrogens with zero attached hydrogens (tertiary/aromatic N) is 2. The molecule has 1 fully saturated rings. The number of nitrogens with one attached hydrogen (secondary N) is 2. The fraction of sp³-hybridized carbons (Fsp3) is 0.650.